The zero-order valence-electron chi connectivity index (χ0n) is 30.1. The molecule has 0 spiro atoms. The summed E-state index contributed by atoms with van der Waals surface area (Å²) < 4.78 is 22.0. The number of hydroxylamine groups is 2. The summed E-state index contributed by atoms with van der Waals surface area (Å²) in [6.07, 6.45) is -0.890. The Labute approximate surface area is 323 Å². The molecule has 0 saturated carbocycles. The molecule has 0 fully saturated rings. The van der Waals surface area contributed by atoms with Crippen LogP contribution in [-0.2, 0) is 4.84 Å². The Hall–Kier alpha value is -7.49. The average Bonchev–Trinajstić information content (AvgIpc) is 3.63. The molecule has 2 heterocycles. The van der Waals surface area contributed by atoms with Crippen LogP contribution in [0, 0.1) is 6.92 Å². The second-order valence-electron chi connectivity index (χ2n) is 12.7. The topological polar surface area (TPSA) is 201 Å². The van der Waals surface area contributed by atoms with E-state index in [1.807, 2.05) is 6.92 Å². The lowest BCUT2D eigenvalue weighted by Crippen LogP contribution is -2.30. The highest BCUT2D eigenvalue weighted by Crippen LogP contribution is 2.29. The van der Waals surface area contributed by atoms with Gasteiger partial charge in [-0.3, -0.25) is 29.3 Å². The second kappa shape index (κ2) is 15.7. The van der Waals surface area contributed by atoms with E-state index in [-0.39, 0.29) is 74.1 Å². The first-order valence-electron chi connectivity index (χ1n) is 17.4. The van der Waals surface area contributed by atoms with E-state index in [0.29, 0.717) is 17.0 Å². The van der Waals surface area contributed by atoms with E-state index in [9.17, 15) is 38.7 Å². The number of nitrogens with one attached hydrogen (secondary N) is 1. The van der Waals surface area contributed by atoms with Gasteiger partial charge in [-0.05, 0) is 116 Å². The number of benzene rings is 5. The number of aliphatic hydroxyl groups excluding tert-OH is 1. The fourth-order valence-corrected chi connectivity index (χ4v) is 5.80. The van der Waals surface area contributed by atoms with Crippen molar-refractivity contribution in [3.8, 4) is 23.0 Å². The number of carbonyl (C=O) groups is 7. The molecule has 1 atom stereocenters. The van der Waals surface area contributed by atoms with Crippen LogP contribution >= 0.6 is 0 Å². The number of aliphatic hydroxyl groups is 1. The number of fused-ring (bicyclic) bond motifs is 2. The number of hydrogen-bond acceptors (Lipinski definition) is 13. The van der Waals surface area contributed by atoms with E-state index in [4.69, 9.17) is 23.8 Å². The van der Waals surface area contributed by atoms with Gasteiger partial charge < -0.3 is 24.1 Å². The number of imide groups is 2. The fourth-order valence-electron chi connectivity index (χ4n) is 5.80. The van der Waals surface area contributed by atoms with Crippen molar-refractivity contribution in [1.29, 1.82) is 0 Å². The molecule has 57 heavy (non-hydrogen) atoms. The van der Waals surface area contributed by atoms with E-state index >= 15 is 0 Å². The lowest BCUT2D eigenvalue weighted by atomic mass is 10.1. The fraction of sp³-hybridized carbons (Fsp3) is 0.119. The van der Waals surface area contributed by atoms with Crippen LogP contribution in [0.25, 0.3) is 0 Å². The molecule has 15 nitrogen and oxygen atoms in total. The summed E-state index contributed by atoms with van der Waals surface area (Å²) in [4.78, 5) is 92.5. The number of amides is 4. The van der Waals surface area contributed by atoms with Gasteiger partial charge in [0.25, 0.3) is 23.6 Å². The zero-order chi connectivity index (χ0) is 40.4. The van der Waals surface area contributed by atoms with Crippen LogP contribution in [0.3, 0.4) is 0 Å². The van der Waals surface area contributed by atoms with Crippen LogP contribution in [0.4, 0.5) is 0 Å². The highest BCUT2D eigenvalue weighted by atomic mass is 16.7. The van der Waals surface area contributed by atoms with Gasteiger partial charge in [0.15, 0.2) is 0 Å². The molecule has 1 unspecified atom stereocenters. The number of nitrogens with zero attached hydrogens (tertiary/aromatic N) is 1. The first-order chi connectivity index (χ1) is 27.4. The van der Waals surface area contributed by atoms with Crippen molar-refractivity contribution in [3.63, 3.8) is 0 Å². The summed E-state index contributed by atoms with van der Waals surface area (Å²) in [5.41, 5.74) is 1.57. The Morgan fingerprint density at radius 1 is 0.614 bits per heavy atom. The van der Waals surface area contributed by atoms with Crippen LogP contribution in [0.15, 0.2) is 103 Å². The standard InChI is InChI=1S/C42H30N2O13/c1-3-18-53-44-37(47)31-16-9-26(21-33(31)38(44)48)42(52)55-27-10-4-23(5-11-27)39(49)56-29-14-17-34(22(2)19-29)57-40(50)24-6-12-28(13-7-24)54-41(51)25-8-15-30-32(20-25)36(46)43-35(30)45/h4-17,19-21,42,52H,3,18H2,1-2H3,(H,43,45,46). The SMILES string of the molecule is CCCON1C(=O)c2ccc(C(O)Oc3ccc(C(=O)Oc4ccc(OC(=O)c5ccc(OC(=O)c6ccc7c(c6)C(=O)NC7=O)cc5)c(C)c4)cc3)cc2C1=O. The van der Waals surface area contributed by atoms with Gasteiger partial charge in [0, 0.05) is 5.56 Å². The van der Waals surface area contributed by atoms with E-state index in [1.165, 1.54) is 103 Å². The lowest BCUT2D eigenvalue weighted by molar-refractivity contribution is -0.0910. The maximum absolute atomic E-state index is 12.9. The number of ether oxygens (including phenoxy) is 4. The van der Waals surface area contributed by atoms with E-state index in [2.05, 4.69) is 5.32 Å². The largest absolute Gasteiger partial charge is 0.461 e. The summed E-state index contributed by atoms with van der Waals surface area (Å²) >= 11 is 0. The molecule has 286 valence electrons. The molecule has 0 saturated heterocycles. The first-order valence-corrected chi connectivity index (χ1v) is 17.4. The summed E-state index contributed by atoms with van der Waals surface area (Å²) in [5, 5.41) is 13.6. The minimum atomic E-state index is -1.49. The van der Waals surface area contributed by atoms with E-state index < -0.39 is 47.8 Å². The molecule has 2 aliphatic rings. The summed E-state index contributed by atoms with van der Waals surface area (Å²) in [6, 6.07) is 24.0. The molecule has 0 aromatic heterocycles. The molecule has 7 rings (SSSR count). The Morgan fingerprint density at radius 3 is 1.86 bits per heavy atom. The summed E-state index contributed by atoms with van der Waals surface area (Å²) in [6.45, 7) is 3.69. The molecular weight excluding hydrogens is 740 g/mol. The minimum absolute atomic E-state index is 0.0611. The van der Waals surface area contributed by atoms with Gasteiger partial charge in [0.05, 0.1) is 45.6 Å². The highest BCUT2D eigenvalue weighted by molar-refractivity contribution is 6.22. The Morgan fingerprint density at radius 2 is 1.18 bits per heavy atom. The molecule has 0 aliphatic carbocycles. The van der Waals surface area contributed by atoms with Gasteiger partial charge in [-0.2, -0.15) is 0 Å². The lowest BCUT2D eigenvalue weighted by Gasteiger charge is -2.15. The third kappa shape index (κ3) is 7.86. The highest BCUT2D eigenvalue weighted by Gasteiger charge is 2.37. The first kappa shape index (κ1) is 37.8. The smallest absolute Gasteiger partial charge is 0.343 e. The third-order valence-electron chi connectivity index (χ3n) is 8.75. The summed E-state index contributed by atoms with van der Waals surface area (Å²) in [5.74, 6) is -3.81. The van der Waals surface area contributed by atoms with Crippen molar-refractivity contribution in [2.45, 2.75) is 26.6 Å². The van der Waals surface area contributed by atoms with Crippen molar-refractivity contribution in [2.24, 2.45) is 0 Å². The Balaban J connectivity index is 0.911. The molecule has 0 bridgehead atoms. The van der Waals surface area contributed by atoms with Crippen molar-refractivity contribution >= 4 is 41.5 Å². The second-order valence-corrected chi connectivity index (χ2v) is 12.7. The van der Waals surface area contributed by atoms with Gasteiger partial charge in [-0.25, -0.2) is 14.4 Å². The van der Waals surface area contributed by atoms with Crippen molar-refractivity contribution in [1.82, 2.24) is 10.4 Å². The van der Waals surface area contributed by atoms with Crippen LogP contribution in [-0.4, -0.2) is 58.3 Å². The molecule has 0 radical (unpaired) electrons. The number of rotatable bonds is 12. The minimum Gasteiger partial charge on any atom is -0.461 e. The van der Waals surface area contributed by atoms with Gasteiger partial charge in [0.1, 0.15) is 23.0 Å². The molecule has 15 heteroatoms. The summed E-state index contributed by atoms with van der Waals surface area (Å²) in [7, 11) is 0. The zero-order valence-corrected chi connectivity index (χ0v) is 30.1. The van der Waals surface area contributed by atoms with E-state index in [1.54, 1.807) is 6.92 Å². The van der Waals surface area contributed by atoms with Crippen LogP contribution < -0.4 is 24.3 Å². The maximum Gasteiger partial charge on any atom is 0.343 e. The number of carbonyl (C=O) groups excluding carboxylic acids is 7. The average molecular weight is 771 g/mol. The monoisotopic (exact) mass is 770 g/mol. The van der Waals surface area contributed by atoms with Gasteiger partial charge in [-0.1, -0.05) is 13.0 Å². The van der Waals surface area contributed by atoms with Gasteiger partial charge in [0.2, 0.25) is 6.29 Å². The predicted molar refractivity (Wildman–Crippen MR) is 196 cm³/mol. The predicted octanol–water partition coefficient (Wildman–Crippen LogP) is 5.54. The van der Waals surface area contributed by atoms with Gasteiger partial charge >= 0.3 is 17.9 Å². The van der Waals surface area contributed by atoms with Crippen molar-refractivity contribution in [2.75, 3.05) is 6.61 Å². The van der Waals surface area contributed by atoms with Crippen molar-refractivity contribution < 1.29 is 62.5 Å². The Kier molecular flexibility index (Phi) is 10.4. The number of esters is 3. The third-order valence-corrected chi connectivity index (χ3v) is 8.75. The van der Waals surface area contributed by atoms with Crippen molar-refractivity contribution in [3.05, 3.63) is 153 Å². The molecule has 2 aliphatic heterocycles. The van der Waals surface area contributed by atoms with Crippen LogP contribution in [0.2, 0.25) is 0 Å². The number of aryl methyl sites for hydroxylation is 1. The van der Waals surface area contributed by atoms with E-state index in [0.717, 1.165) is 0 Å². The number of hydrogen-bond donors (Lipinski definition) is 2. The normalized spacial score (nSPS) is 13.4. The molecule has 5 aromatic rings. The quantitative estimate of drug-likeness (QED) is 0.0694. The Bertz CT molecular complexity index is 2490. The van der Waals surface area contributed by atoms with Crippen LogP contribution in [0.1, 0.15) is 103 Å². The molecular formula is C42H30N2O13. The molecule has 5 aromatic carbocycles. The van der Waals surface area contributed by atoms with Crippen LogP contribution in [0.5, 0.6) is 23.0 Å². The van der Waals surface area contributed by atoms with Gasteiger partial charge in [-0.15, -0.1) is 5.06 Å². The maximum atomic E-state index is 12.9. The molecule has 4 amide bonds. The molecule has 2 N–H and O–H groups in total.